The Kier molecular flexibility index (Phi) is 9.73. The standard InChI is InChI=1S/C22H31N5.HI/c1-2-19-8-10-21(11-9-19)25-22(23)24-12-13-26-14-16-27(17-15-26)18-20-6-4-3-5-7-20;/h3-11H,2,12-18H2,1H3,(H3,23,24,25);1H. The molecular weight excluding hydrogens is 461 g/mol. The van der Waals surface area contributed by atoms with Gasteiger partial charge in [-0.25, -0.2) is 0 Å². The highest BCUT2D eigenvalue weighted by molar-refractivity contribution is 14.0. The number of halogens is 1. The van der Waals surface area contributed by atoms with Crippen LogP contribution in [-0.2, 0) is 13.0 Å². The predicted octanol–water partition coefficient (Wildman–Crippen LogP) is 3.41. The fourth-order valence-corrected chi connectivity index (χ4v) is 3.34. The second-order valence-corrected chi connectivity index (χ2v) is 7.05. The number of nitrogens with one attached hydrogen (secondary N) is 1. The molecule has 1 saturated heterocycles. The van der Waals surface area contributed by atoms with Gasteiger partial charge in [-0.3, -0.25) is 14.8 Å². The van der Waals surface area contributed by atoms with Crippen LogP contribution in [0.3, 0.4) is 0 Å². The number of piperazine rings is 1. The smallest absolute Gasteiger partial charge is 0.193 e. The van der Waals surface area contributed by atoms with Crippen LogP contribution >= 0.6 is 24.0 Å². The number of benzene rings is 2. The molecule has 0 atom stereocenters. The first-order valence-corrected chi connectivity index (χ1v) is 9.87. The maximum absolute atomic E-state index is 6.01. The average Bonchev–Trinajstić information content (AvgIpc) is 2.71. The zero-order valence-corrected chi connectivity index (χ0v) is 19.0. The molecule has 1 aliphatic heterocycles. The molecule has 0 spiro atoms. The van der Waals surface area contributed by atoms with Crippen molar-refractivity contribution < 1.29 is 0 Å². The van der Waals surface area contributed by atoms with Crippen molar-refractivity contribution in [2.45, 2.75) is 19.9 Å². The predicted molar refractivity (Wildman–Crippen MR) is 130 cm³/mol. The second-order valence-electron chi connectivity index (χ2n) is 7.05. The van der Waals surface area contributed by atoms with E-state index in [0.29, 0.717) is 5.96 Å². The third-order valence-electron chi connectivity index (χ3n) is 5.05. The molecule has 1 fully saturated rings. The van der Waals surface area contributed by atoms with Gasteiger partial charge >= 0.3 is 0 Å². The van der Waals surface area contributed by atoms with Crippen molar-refractivity contribution in [2.24, 2.45) is 10.7 Å². The van der Waals surface area contributed by atoms with Gasteiger partial charge in [-0.1, -0.05) is 49.4 Å². The monoisotopic (exact) mass is 493 g/mol. The first-order valence-electron chi connectivity index (χ1n) is 9.87. The fraction of sp³-hybridized carbons (Fsp3) is 0.409. The summed E-state index contributed by atoms with van der Waals surface area (Å²) in [5.74, 6) is 0.488. The summed E-state index contributed by atoms with van der Waals surface area (Å²) in [5, 5.41) is 3.17. The summed E-state index contributed by atoms with van der Waals surface area (Å²) in [4.78, 5) is 9.46. The minimum atomic E-state index is 0. The zero-order valence-electron chi connectivity index (χ0n) is 16.7. The molecule has 5 nitrogen and oxygen atoms in total. The summed E-state index contributed by atoms with van der Waals surface area (Å²) in [6.07, 6.45) is 1.04. The number of aryl methyl sites for hydroxylation is 1. The Morgan fingerprint density at radius 2 is 1.57 bits per heavy atom. The number of nitrogens with two attached hydrogens (primary N) is 1. The van der Waals surface area contributed by atoms with Crippen molar-refractivity contribution in [3.05, 3.63) is 65.7 Å². The van der Waals surface area contributed by atoms with E-state index in [1.165, 1.54) is 11.1 Å². The van der Waals surface area contributed by atoms with E-state index in [9.17, 15) is 0 Å². The second kappa shape index (κ2) is 12.0. The fourth-order valence-electron chi connectivity index (χ4n) is 3.34. The summed E-state index contributed by atoms with van der Waals surface area (Å²) >= 11 is 0. The SMILES string of the molecule is CCc1ccc(NC(N)=NCCN2CCN(Cc3ccccc3)CC2)cc1.I. The Balaban J connectivity index is 0.00000280. The summed E-state index contributed by atoms with van der Waals surface area (Å²) in [6, 6.07) is 19.0. The maximum Gasteiger partial charge on any atom is 0.193 e. The molecule has 152 valence electrons. The maximum atomic E-state index is 6.01. The van der Waals surface area contributed by atoms with Crippen molar-refractivity contribution in [3.63, 3.8) is 0 Å². The van der Waals surface area contributed by atoms with E-state index in [0.717, 1.165) is 57.9 Å². The molecule has 2 aromatic carbocycles. The number of aliphatic imine (C=N–C) groups is 1. The lowest BCUT2D eigenvalue weighted by Crippen LogP contribution is -2.46. The van der Waals surface area contributed by atoms with Crippen LogP contribution in [0.4, 0.5) is 5.69 Å². The van der Waals surface area contributed by atoms with Crippen molar-refractivity contribution in [2.75, 3.05) is 44.6 Å². The quantitative estimate of drug-likeness (QED) is 0.353. The van der Waals surface area contributed by atoms with Gasteiger partial charge in [0.1, 0.15) is 0 Å². The van der Waals surface area contributed by atoms with E-state index in [1.807, 2.05) is 12.1 Å². The van der Waals surface area contributed by atoms with Crippen LogP contribution in [0.1, 0.15) is 18.1 Å². The lowest BCUT2D eigenvalue weighted by molar-refractivity contribution is 0.130. The molecule has 1 heterocycles. The van der Waals surface area contributed by atoms with Crippen LogP contribution in [0.5, 0.6) is 0 Å². The molecule has 0 saturated carbocycles. The molecule has 0 unspecified atom stereocenters. The molecule has 0 amide bonds. The van der Waals surface area contributed by atoms with Crippen molar-refractivity contribution in [1.29, 1.82) is 0 Å². The van der Waals surface area contributed by atoms with Gasteiger partial charge in [0.15, 0.2) is 5.96 Å². The minimum absolute atomic E-state index is 0. The van der Waals surface area contributed by atoms with Gasteiger partial charge in [-0.05, 0) is 29.7 Å². The van der Waals surface area contributed by atoms with Crippen LogP contribution in [0.25, 0.3) is 0 Å². The number of hydrogen-bond acceptors (Lipinski definition) is 3. The zero-order chi connectivity index (χ0) is 18.9. The topological polar surface area (TPSA) is 56.9 Å². The summed E-state index contributed by atoms with van der Waals surface area (Å²) < 4.78 is 0. The molecular formula is C22H32IN5. The molecule has 0 aromatic heterocycles. The van der Waals surface area contributed by atoms with E-state index in [2.05, 4.69) is 69.5 Å². The normalized spacial score (nSPS) is 15.8. The van der Waals surface area contributed by atoms with Gasteiger partial charge in [0.05, 0.1) is 6.54 Å². The van der Waals surface area contributed by atoms with Crippen LogP contribution in [0.15, 0.2) is 59.6 Å². The van der Waals surface area contributed by atoms with Gasteiger partial charge in [-0.15, -0.1) is 24.0 Å². The van der Waals surface area contributed by atoms with E-state index >= 15 is 0 Å². The van der Waals surface area contributed by atoms with Gasteiger partial charge in [0.25, 0.3) is 0 Å². The molecule has 0 radical (unpaired) electrons. The van der Waals surface area contributed by atoms with E-state index in [-0.39, 0.29) is 24.0 Å². The summed E-state index contributed by atoms with van der Waals surface area (Å²) in [7, 11) is 0. The largest absolute Gasteiger partial charge is 0.370 e. The van der Waals surface area contributed by atoms with E-state index < -0.39 is 0 Å². The van der Waals surface area contributed by atoms with Gasteiger partial charge in [-0.2, -0.15) is 0 Å². The molecule has 3 N–H and O–H groups in total. The number of hydrogen-bond donors (Lipinski definition) is 2. The highest BCUT2D eigenvalue weighted by Crippen LogP contribution is 2.10. The number of nitrogens with zero attached hydrogens (tertiary/aromatic N) is 3. The van der Waals surface area contributed by atoms with Gasteiger partial charge in [0, 0.05) is 45.0 Å². The molecule has 0 aliphatic carbocycles. The van der Waals surface area contributed by atoms with Crippen LogP contribution in [0, 0.1) is 0 Å². The van der Waals surface area contributed by atoms with Gasteiger partial charge in [0.2, 0.25) is 0 Å². The van der Waals surface area contributed by atoms with Crippen LogP contribution in [0.2, 0.25) is 0 Å². The van der Waals surface area contributed by atoms with Crippen LogP contribution in [-0.4, -0.2) is 55.0 Å². The highest BCUT2D eigenvalue weighted by Gasteiger charge is 2.16. The Bertz CT molecular complexity index is 709. The third kappa shape index (κ3) is 7.41. The third-order valence-corrected chi connectivity index (χ3v) is 5.05. The molecule has 6 heteroatoms. The lowest BCUT2D eigenvalue weighted by atomic mass is 10.1. The average molecular weight is 493 g/mol. The molecule has 3 rings (SSSR count). The first kappa shape index (κ1) is 22.6. The van der Waals surface area contributed by atoms with Crippen molar-refractivity contribution in [1.82, 2.24) is 9.80 Å². The summed E-state index contributed by atoms with van der Waals surface area (Å²) in [5.41, 5.74) is 9.71. The Morgan fingerprint density at radius 1 is 0.929 bits per heavy atom. The minimum Gasteiger partial charge on any atom is -0.370 e. The Labute approximate surface area is 186 Å². The van der Waals surface area contributed by atoms with E-state index in [4.69, 9.17) is 5.73 Å². The summed E-state index contributed by atoms with van der Waals surface area (Å²) in [6.45, 7) is 9.27. The van der Waals surface area contributed by atoms with E-state index in [1.54, 1.807) is 0 Å². The molecule has 2 aromatic rings. The molecule has 1 aliphatic rings. The van der Waals surface area contributed by atoms with Gasteiger partial charge < -0.3 is 11.1 Å². The molecule has 28 heavy (non-hydrogen) atoms. The Morgan fingerprint density at radius 3 is 2.21 bits per heavy atom. The number of anilines is 1. The van der Waals surface area contributed by atoms with Crippen LogP contribution < -0.4 is 11.1 Å². The molecule has 0 bridgehead atoms. The first-order chi connectivity index (χ1) is 13.2. The lowest BCUT2D eigenvalue weighted by Gasteiger charge is -2.34. The number of guanidine groups is 1. The van der Waals surface area contributed by atoms with Crippen molar-refractivity contribution in [3.8, 4) is 0 Å². The van der Waals surface area contributed by atoms with Crippen molar-refractivity contribution >= 4 is 35.6 Å². The Hall–Kier alpha value is -1.64. The highest BCUT2D eigenvalue weighted by atomic mass is 127. The number of rotatable bonds is 7.